The van der Waals surface area contributed by atoms with Crippen LogP contribution < -0.4 is 0 Å². The van der Waals surface area contributed by atoms with E-state index in [-0.39, 0.29) is 5.88 Å². The van der Waals surface area contributed by atoms with Crippen LogP contribution >= 0.6 is 39.5 Å². The van der Waals surface area contributed by atoms with Crippen LogP contribution in [0.4, 0.5) is 0 Å². The van der Waals surface area contributed by atoms with Gasteiger partial charge < -0.3 is 0 Å². The van der Waals surface area contributed by atoms with E-state index in [1.54, 1.807) is 36.0 Å². The third-order valence-electron chi connectivity index (χ3n) is 10.3. The van der Waals surface area contributed by atoms with E-state index in [2.05, 4.69) is 106 Å². The zero-order valence-corrected chi connectivity index (χ0v) is 37.7. The van der Waals surface area contributed by atoms with Gasteiger partial charge in [-0.2, -0.15) is 0 Å². The van der Waals surface area contributed by atoms with Gasteiger partial charge in [0, 0.05) is 40.9 Å². The van der Waals surface area contributed by atoms with Crippen LogP contribution in [0, 0.1) is 6.92 Å². The summed E-state index contributed by atoms with van der Waals surface area (Å²) >= 11 is 6.88. The lowest BCUT2D eigenvalue weighted by Gasteiger charge is -2.20. The summed E-state index contributed by atoms with van der Waals surface area (Å²) in [6, 6.07) is 51.5. The van der Waals surface area contributed by atoms with Gasteiger partial charge in [-0.3, -0.25) is 14.6 Å². The quantitative estimate of drug-likeness (QED) is 0.112. The van der Waals surface area contributed by atoms with Crippen molar-refractivity contribution < 1.29 is 18.0 Å². The van der Waals surface area contributed by atoms with Crippen molar-refractivity contribution in [1.82, 2.24) is 0 Å². The number of hydrogen-bond donors (Lipinski definition) is 0. The van der Waals surface area contributed by atoms with E-state index in [1.165, 1.54) is 41.8 Å². The number of benzene rings is 7. The second-order valence-electron chi connectivity index (χ2n) is 14.6. The monoisotopic (exact) mass is 919 g/mol. The molecule has 61 heavy (non-hydrogen) atoms. The summed E-state index contributed by atoms with van der Waals surface area (Å²) in [6.07, 6.45) is 3.54. The fourth-order valence-corrected chi connectivity index (χ4v) is 10.2. The molecule has 0 bridgehead atoms. The number of aliphatic imine (C=N–C) groups is 1. The first-order chi connectivity index (χ1) is 29.5. The van der Waals surface area contributed by atoms with E-state index >= 15 is 0 Å². The Kier molecular flexibility index (Phi) is 14.2. The molecule has 0 radical (unpaired) electrons. The van der Waals surface area contributed by atoms with Crippen molar-refractivity contribution in [2.45, 2.75) is 51.2 Å². The molecule has 7 aromatic carbocycles. The normalized spacial score (nSPS) is 12.4. The average Bonchev–Trinajstić information content (AvgIpc) is 3.29. The summed E-state index contributed by atoms with van der Waals surface area (Å²) in [6.45, 7) is 8.06. The van der Waals surface area contributed by atoms with Gasteiger partial charge in [-0.25, -0.2) is 8.42 Å². The summed E-state index contributed by atoms with van der Waals surface area (Å²) < 4.78 is 26.1. The standard InChI is InChI=1S/C23H21NO2S2.C22H16OS.C7H5BrO/c1-16-7-10-21(11-8-16)28(25,26)15-24-17(2)18-9-12-23-20(13-18)14-19-5-3-4-6-22(19)27-23;1-15(17-8-6-16(14-23)7-9-17)18-10-11-22-20(12-18)13-19-4-2-3-5-21(19)24-22;8-7-3-1-6(5-9)2-4-7/h3-13H,14-15H2,1-2H3;2-12,14H,1,13H2;1-5H. The van der Waals surface area contributed by atoms with E-state index < -0.39 is 9.84 Å². The molecule has 0 atom stereocenters. The van der Waals surface area contributed by atoms with Gasteiger partial charge in [0.2, 0.25) is 0 Å². The SMILES string of the molecule is C=C(c1ccc(C=O)cc1)c1ccc2c(c1)Cc1ccccc1S2.CC(=NCS(=O)(=O)c1ccc(C)cc1)c1ccc2c(c1)Cc1ccccc1S2.O=Cc1ccc(Br)cc1. The Labute approximate surface area is 375 Å². The van der Waals surface area contributed by atoms with Crippen LogP contribution in [0.25, 0.3) is 5.57 Å². The van der Waals surface area contributed by atoms with Crippen LogP contribution in [0.15, 0.2) is 198 Å². The van der Waals surface area contributed by atoms with Gasteiger partial charge in [-0.05, 0) is 132 Å². The summed E-state index contributed by atoms with van der Waals surface area (Å²) in [5.41, 5.74) is 12.6. The zero-order chi connectivity index (χ0) is 42.9. The Morgan fingerprint density at radius 1 is 0.607 bits per heavy atom. The van der Waals surface area contributed by atoms with E-state index in [0.29, 0.717) is 16.0 Å². The Bertz CT molecular complexity index is 2870. The highest BCUT2D eigenvalue weighted by atomic mass is 79.9. The molecule has 0 unspecified atom stereocenters. The predicted molar refractivity (Wildman–Crippen MR) is 255 cm³/mol. The van der Waals surface area contributed by atoms with Crippen molar-refractivity contribution in [1.29, 1.82) is 0 Å². The van der Waals surface area contributed by atoms with E-state index in [9.17, 15) is 18.0 Å². The molecule has 9 heteroatoms. The first-order valence-electron chi connectivity index (χ1n) is 19.5. The molecule has 0 saturated carbocycles. The predicted octanol–water partition coefficient (Wildman–Crippen LogP) is 13.2. The van der Waals surface area contributed by atoms with E-state index in [0.717, 1.165) is 63.4 Å². The highest BCUT2D eigenvalue weighted by Gasteiger charge is 2.19. The van der Waals surface area contributed by atoms with Crippen molar-refractivity contribution in [3.8, 4) is 0 Å². The molecule has 0 fully saturated rings. The number of carbonyl (C=O) groups is 2. The van der Waals surface area contributed by atoms with Gasteiger partial charge in [0.15, 0.2) is 9.84 Å². The van der Waals surface area contributed by atoms with Gasteiger partial charge in [0.1, 0.15) is 18.4 Å². The molecule has 0 amide bonds. The first-order valence-corrected chi connectivity index (χ1v) is 23.6. The highest BCUT2D eigenvalue weighted by Crippen LogP contribution is 2.41. The van der Waals surface area contributed by atoms with Crippen LogP contribution in [0.1, 0.15) is 72.1 Å². The first kappa shape index (κ1) is 43.5. The maximum absolute atomic E-state index is 12.5. The number of hydrogen-bond acceptors (Lipinski definition) is 7. The smallest absolute Gasteiger partial charge is 0.198 e. The van der Waals surface area contributed by atoms with Crippen LogP contribution in [0.2, 0.25) is 0 Å². The molecule has 0 spiro atoms. The summed E-state index contributed by atoms with van der Waals surface area (Å²) in [5.74, 6) is -0.240. The molecule has 0 aromatic heterocycles. The number of halogens is 1. The van der Waals surface area contributed by atoms with Gasteiger partial charge in [-0.15, -0.1) is 0 Å². The van der Waals surface area contributed by atoms with Crippen molar-refractivity contribution >= 4 is 73.1 Å². The lowest BCUT2D eigenvalue weighted by Crippen LogP contribution is -2.08. The van der Waals surface area contributed by atoms with Crippen LogP contribution in [-0.2, 0) is 22.7 Å². The van der Waals surface area contributed by atoms with E-state index in [1.807, 2.05) is 80.2 Å². The maximum atomic E-state index is 12.5. The topological polar surface area (TPSA) is 80.6 Å². The molecule has 2 aliphatic rings. The fraction of sp³-hybridized carbons (Fsp3) is 0.0962. The molecule has 5 nitrogen and oxygen atoms in total. The molecule has 0 N–H and O–H groups in total. The number of nitrogens with zero attached hydrogens (tertiary/aromatic N) is 1. The van der Waals surface area contributed by atoms with Crippen molar-refractivity contribution in [3.05, 3.63) is 224 Å². The minimum atomic E-state index is -3.43. The molecule has 0 saturated heterocycles. The number of sulfone groups is 1. The minimum absolute atomic E-state index is 0.240. The Balaban J connectivity index is 0.000000154. The van der Waals surface area contributed by atoms with Crippen LogP contribution in [0.5, 0.6) is 0 Å². The third-order valence-corrected chi connectivity index (χ3v) is 14.7. The molecular formula is C52H42BrNO4S3. The van der Waals surface area contributed by atoms with Crippen LogP contribution in [0.3, 0.4) is 0 Å². The van der Waals surface area contributed by atoms with E-state index in [4.69, 9.17) is 0 Å². The number of aldehydes is 2. The number of fused-ring (bicyclic) bond motifs is 4. The lowest BCUT2D eigenvalue weighted by atomic mass is 9.95. The number of rotatable bonds is 8. The molecule has 2 aliphatic heterocycles. The van der Waals surface area contributed by atoms with Crippen molar-refractivity contribution in [2.24, 2.45) is 4.99 Å². The zero-order valence-electron chi connectivity index (χ0n) is 33.7. The molecule has 304 valence electrons. The van der Waals surface area contributed by atoms with Gasteiger partial charge >= 0.3 is 0 Å². The molecule has 2 heterocycles. The molecule has 9 rings (SSSR count). The van der Waals surface area contributed by atoms with Gasteiger partial charge in [0.25, 0.3) is 0 Å². The fourth-order valence-electron chi connectivity index (χ4n) is 6.76. The number of carbonyl (C=O) groups excluding carboxylic acids is 2. The average molecular weight is 921 g/mol. The largest absolute Gasteiger partial charge is 0.298 e. The maximum Gasteiger partial charge on any atom is 0.198 e. The molecule has 0 aliphatic carbocycles. The summed E-state index contributed by atoms with van der Waals surface area (Å²) in [5, 5.41) is 0. The summed E-state index contributed by atoms with van der Waals surface area (Å²) in [4.78, 5) is 30.8. The van der Waals surface area contributed by atoms with Crippen molar-refractivity contribution in [3.63, 3.8) is 0 Å². The summed E-state index contributed by atoms with van der Waals surface area (Å²) in [7, 11) is -3.43. The Morgan fingerprint density at radius 3 is 1.61 bits per heavy atom. The van der Waals surface area contributed by atoms with Gasteiger partial charge in [0.05, 0.1) is 4.90 Å². The lowest BCUT2D eigenvalue weighted by molar-refractivity contribution is 0.111. The second kappa shape index (κ2) is 19.9. The van der Waals surface area contributed by atoms with Gasteiger partial charge in [-0.1, -0.05) is 149 Å². The Morgan fingerprint density at radius 2 is 1.07 bits per heavy atom. The van der Waals surface area contributed by atoms with Crippen molar-refractivity contribution in [2.75, 3.05) is 5.88 Å². The highest BCUT2D eigenvalue weighted by molar-refractivity contribution is 9.10. The Hall–Kier alpha value is -5.58. The minimum Gasteiger partial charge on any atom is -0.298 e. The molecular weight excluding hydrogens is 879 g/mol. The third kappa shape index (κ3) is 11.0. The number of aryl methyl sites for hydroxylation is 1. The van der Waals surface area contributed by atoms with Crippen LogP contribution in [-0.4, -0.2) is 32.6 Å². The molecule has 7 aromatic rings. The second-order valence-corrected chi connectivity index (χ2v) is 19.6.